The molecule has 2 rings (SSSR count). The molecule has 0 aromatic carbocycles. The predicted molar refractivity (Wildman–Crippen MR) is 65.2 cm³/mol. The van der Waals surface area contributed by atoms with E-state index >= 15 is 0 Å². The van der Waals surface area contributed by atoms with Crippen LogP contribution in [0.1, 0.15) is 46.0 Å². The summed E-state index contributed by atoms with van der Waals surface area (Å²) in [7, 11) is 0. The minimum absolute atomic E-state index is 0.842. The zero-order chi connectivity index (χ0) is 10.7. The zero-order valence-electron chi connectivity index (χ0n) is 10.4. The summed E-state index contributed by atoms with van der Waals surface area (Å²) in [5.74, 6) is 0. The summed E-state index contributed by atoms with van der Waals surface area (Å²) in [6.07, 6.45) is 6.97. The van der Waals surface area contributed by atoms with Crippen molar-refractivity contribution in [2.75, 3.05) is 26.2 Å². The van der Waals surface area contributed by atoms with Crippen molar-refractivity contribution in [3.8, 4) is 0 Å². The van der Waals surface area contributed by atoms with Gasteiger partial charge in [0, 0.05) is 31.7 Å². The van der Waals surface area contributed by atoms with E-state index in [9.17, 15) is 0 Å². The van der Waals surface area contributed by atoms with E-state index in [4.69, 9.17) is 0 Å². The molecule has 15 heavy (non-hydrogen) atoms. The molecule has 0 aliphatic carbocycles. The SMILES string of the molecule is CCC(CC)N1CCN2CCCC[C@H]2C1. The Morgan fingerprint density at radius 3 is 2.60 bits per heavy atom. The van der Waals surface area contributed by atoms with Crippen molar-refractivity contribution in [3.05, 3.63) is 0 Å². The lowest BCUT2D eigenvalue weighted by Gasteiger charge is -2.46. The van der Waals surface area contributed by atoms with E-state index in [0.29, 0.717) is 0 Å². The molecule has 0 radical (unpaired) electrons. The fourth-order valence-corrected chi connectivity index (χ4v) is 3.32. The molecule has 0 spiro atoms. The summed E-state index contributed by atoms with van der Waals surface area (Å²) in [4.78, 5) is 5.47. The summed E-state index contributed by atoms with van der Waals surface area (Å²) < 4.78 is 0. The Morgan fingerprint density at radius 2 is 1.87 bits per heavy atom. The highest BCUT2D eigenvalue weighted by molar-refractivity contribution is 4.87. The quantitative estimate of drug-likeness (QED) is 0.705. The third-order valence-corrected chi connectivity index (χ3v) is 4.33. The summed E-state index contributed by atoms with van der Waals surface area (Å²) >= 11 is 0. The van der Waals surface area contributed by atoms with E-state index in [1.807, 2.05) is 0 Å². The van der Waals surface area contributed by atoms with Gasteiger partial charge in [-0.25, -0.2) is 0 Å². The van der Waals surface area contributed by atoms with Gasteiger partial charge in [0.25, 0.3) is 0 Å². The first kappa shape index (κ1) is 11.4. The molecule has 0 unspecified atom stereocenters. The van der Waals surface area contributed by atoms with Gasteiger partial charge in [0.2, 0.25) is 0 Å². The van der Waals surface area contributed by atoms with Crippen LogP contribution in [-0.4, -0.2) is 48.1 Å². The van der Waals surface area contributed by atoms with E-state index in [0.717, 1.165) is 12.1 Å². The Balaban J connectivity index is 1.90. The van der Waals surface area contributed by atoms with Crippen molar-refractivity contribution in [3.63, 3.8) is 0 Å². The smallest absolute Gasteiger partial charge is 0.0223 e. The minimum Gasteiger partial charge on any atom is -0.298 e. The molecule has 0 saturated carbocycles. The molecule has 0 bridgehead atoms. The van der Waals surface area contributed by atoms with Gasteiger partial charge in [-0.2, -0.15) is 0 Å². The molecule has 2 aliphatic rings. The second-order valence-corrected chi connectivity index (χ2v) is 5.15. The molecule has 0 aromatic rings. The molecule has 2 saturated heterocycles. The molecule has 2 aliphatic heterocycles. The second kappa shape index (κ2) is 5.31. The van der Waals surface area contributed by atoms with Crippen LogP contribution in [0.3, 0.4) is 0 Å². The molecule has 2 fully saturated rings. The number of rotatable bonds is 3. The van der Waals surface area contributed by atoms with Crippen molar-refractivity contribution < 1.29 is 0 Å². The summed E-state index contributed by atoms with van der Waals surface area (Å²) in [6, 6.07) is 1.72. The van der Waals surface area contributed by atoms with Gasteiger partial charge in [-0.05, 0) is 32.2 Å². The van der Waals surface area contributed by atoms with Crippen LogP contribution in [0, 0.1) is 0 Å². The van der Waals surface area contributed by atoms with Gasteiger partial charge >= 0.3 is 0 Å². The Morgan fingerprint density at radius 1 is 1.07 bits per heavy atom. The topological polar surface area (TPSA) is 6.48 Å². The standard InChI is InChI=1S/C13H26N2/c1-3-12(4-2)15-10-9-14-8-6-5-7-13(14)11-15/h12-13H,3-11H2,1-2H3/t13-/m0/s1. The summed E-state index contributed by atoms with van der Waals surface area (Å²) in [6.45, 7) is 10.0. The monoisotopic (exact) mass is 210 g/mol. The van der Waals surface area contributed by atoms with Crippen LogP contribution < -0.4 is 0 Å². The number of piperidine rings is 1. The van der Waals surface area contributed by atoms with Crippen LogP contribution in [0.5, 0.6) is 0 Å². The molecule has 88 valence electrons. The number of nitrogens with zero attached hydrogens (tertiary/aromatic N) is 2. The largest absolute Gasteiger partial charge is 0.298 e. The first-order valence-electron chi connectivity index (χ1n) is 6.83. The van der Waals surface area contributed by atoms with Gasteiger partial charge in [0.15, 0.2) is 0 Å². The Hall–Kier alpha value is -0.0800. The van der Waals surface area contributed by atoms with E-state index in [-0.39, 0.29) is 0 Å². The third kappa shape index (κ3) is 2.54. The van der Waals surface area contributed by atoms with E-state index < -0.39 is 0 Å². The number of hydrogen-bond acceptors (Lipinski definition) is 2. The van der Waals surface area contributed by atoms with Gasteiger partial charge < -0.3 is 0 Å². The Kier molecular flexibility index (Phi) is 4.04. The third-order valence-electron chi connectivity index (χ3n) is 4.33. The maximum absolute atomic E-state index is 2.74. The van der Waals surface area contributed by atoms with Crippen molar-refractivity contribution in [1.82, 2.24) is 9.80 Å². The first-order chi connectivity index (χ1) is 7.35. The van der Waals surface area contributed by atoms with Crippen molar-refractivity contribution in [2.45, 2.75) is 58.0 Å². The van der Waals surface area contributed by atoms with Crippen molar-refractivity contribution in [1.29, 1.82) is 0 Å². The zero-order valence-corrected chi connectivity index (χ0v) is 10.4. The highest BCUT2D eigenvalue weighted by atomic mass is 15.3. The van der Waals surface area contributed by atoms with E-state index in [2.05, 4.69) is 23.6 Å². The summed E-state index contributed by atoms with van der Waals surface area (Å²) in [5, 5.41) is 0. The molecular weight excluding hydrogens is 184 g/mol. The summed E-state index contributed by atoms with van der Waals surface area (Å²) in [5.41, 5.74) is 0. The van der Waals surface area contributed by atoms with Gasteiger partial charge in [-0.1, -0.05) is 20.3 Å². The van der Waals surface area contributed by atoms with Crippen LogP contribution in [0.25, 0.3) is 0 Å². The van der Waals surface area contributed by atoms with Crippen LogP contribution in [0.2, 0.25) is 0 Å². The molecule has 2 heteroatoms. The lowest BCUT2D eigenvalue weighted by Crippen LogP contribution is -2.57. The van der Waals surface area contributed by atoms with Gasteiger partial charge in [-0.3, -0.25) is 9.80 Å². The molecular formula is C13H26N2. The predicted octanol–water partition coefficient (Wildman–Crippen LogP) is 2.35. The van der Waals surface area contributed by atoms with Gasteiger partial charge in [0.1, 0.15) is 0 Å². The average molecular weight is 210 g/mol. The fraction of sp³-hybridized carbons (Fsp3) is 1.00. The molecule has 0 aromatic heterocycles. The van der Waals surface area contributed by atoms with Crippen molar-refractivity contribution >= 4 is 0 Å². The number of piperazine rings is 1. The molecule has 0 amide bonds. The van der Waals surface area contributed by atoms with Crippen molar-refractivity contribution in [2.24, 2.45) is 0 Å². The van der Waals surface area contributed by atoms with Crippen LogP contribution >= 0.6 is 0 Å². The van der Waals surface area contributed by atoms with Crippen LogP contribution in [0.4, 0.5) is 0 Å². The average Bonchev–Trinajstić information content (AvgIpc) is 2.30. The number of fused-ring (bicyclic) bond motifs is 1. The lowest BCUT2D eigenvalue weighted by atomic mass is 9.97. The van der Waals surface area contributed by atoms with Gasteiger partial charge in [0.05, 0.1) is 0 Å². The molecule has 2 nitrogen and oxygen atoms in total. The highest BCUT2D eigenvalue weighted by Gasteiger charge is 2.30. The lowest BCUT2D eigenvalue weighted by molar-refractivity contribution is 0.0255. The van der Waals surface area contributed by atoms with Crippen LogP contribution in [0.15, 0.2) is 0 Å². The van der Waals surface area contributed by atoms with E-state index in [1.54, 1.807) is 0 Å². The van der Waals surface area contributed by atoms with E-state index in [1.165, 1.54) is 58.3 Å². The molecule has 0 N–H and O–H groups in total. The molecule has 2 heterocycles. The normalized spacial score (nSPS) is 29.4. The Bertz CT molecular complexity index is 189. The fourth-order valence-electron chi connectivity index (χ4n) is 3.32. The maximum Gasteiger partial charge on any atom is 0.0223 e. The number of hydrogen-bond donors (Lipinski definition) is 0. The van der Waals surface area contributed by atoms with Gasteiger partial charge in [-0.15, -0.1) is 0 Å². The highest BCUT2D eigenvalue weighted by Crippen LogP contribution is 2.23. The van der Waals surface area contributed by atoms with Crippen LogP contribution in [-0.2, 0) is 0 Å². The first-order valence-corrected chi connectivity index (χ1v) is 6.83. The minimum atomic E-state index is 0.842. The Labute approximate surface area is 94.6 Å². The molecule has 1 atom stereocenters. The maximum atomic E-state index is 2.74. The second-order valence-electron chi connectivity index (χ2n) is 5.15.